The normalized spacial score (nSPS) is 11.9. The molecule has 0 aliphatic heterocycles. The molecule has 1 atom stereocenters. The summed E-state index contributed by atoms with van der Waals surface area (Å²) in [6.07, 6.45) is 1.46. The molecule has 0 unspecified atom stereocenters. The molecule has 0 aliphatic rings. The van der Waals surface area contributed by atoms with E-state index < -0.39 is 6.10 Å². The second kappa shape index (κ2) is 6.06. The van der Waals surface area contributed by atoms with Gasteiger partial charge in [-0.25, -0.2) is 0 Å². The Morgan fingerprint density at radius 1 is 1.40 bits per heavy atom. The van der Waals surface area contributed by atoms with Gasteiger partial charge in [-0.05, 0) is 23.1 Å². The number of nitrogens with zero attached hydrogens (tertiary/aromatic N) is 3. The van der Waals surface area contributed by atoms with E-state index in [9.17, 15) is 5.11 Å². The molecule has 4 nitrogen and oxygen atoms in total. The highest BCUT2D eigenvalue weighted by atomic mass is 16.3. The second-order valence-corrected chi connectivity index (χ2v) is 3.42. The van der Waals surface area contributed by atoms with Crippen LogP contribution in [0.3, 0.4) is 0 Å². The van der Waals surface area contributed by atoms with E-state index in [-0.39, 0.29) is 6.54 Å². The SMILES string of the molecule is CCCc1ccc([C@@H](O)CN=[N+]=[N-])cc1. The zero-order valence-electron chi connectivity index (χ0n) is 8.80. The lowest BCUT2D eigenvalue weighted by atomic mass is 10.0. The lowest BCUT2D eigenvalue weighted by Gasteiger charge is -2.08. The molecule has 1 N–H and O–H groups in total. The Bertz CT molecular complexity index is 341. The van der Waals surface area contributed by atoms with E-state index in [0.717, 1.165) is 18.4 Å². The number of aryl methyl sites for hydroxylation is 1. The Hall–Kier alpha value is -1.51. The number of aliphatic hydroxyl groups excluding tert-OH is 1. The van der Waals surface area contributed by atoms with Crippen molar-refractivity contribution in [2.45, 2.75) is 25.9 Å². The first-order valence-corrected chi connectivity index (χ1v) is 5.05. The monoisotopic (exact) mass is 205 g/mol. The van der Waals surface area contributed by atoms with Crippen LogP contribution in [0.2, 0.25) is 0 Å². The molecule has 15 heavy (non-hydrogen) atoms. The van der Waals surface area contributed by atoms with Gasteiger partial charge in [-0.3, -0.25) is 0 Å². The first kappa shape index (κ1) is 11.6. The Morgan fingerprint density at radius 2 is 2.07 bits per heavy atom. The molecule has 0 saturated carbocycles. The number of aliphatic hydroxyl groups is 1. The maximum atomic E-state index is 9.61. The molecule has 0 heterocycles. The minimum absolute atomic E-state index is 0.0869. The Labute approximate surface area is 89.2 Å². The minimum Gasteiger partial charge on any atom is -0.388 e. The molecule has 0 saturated heterocycles. The highest BCUT2D eigenvalue weighted by molar-refractivity contribution is 5.24. The van der Waals surface area contributed by atoms with Crippen molar-refractivity contribution in [3.63, 3.8) is 0 Å². The molecule has 0 spiro atoms. The number of azide groups is 1. The van der Waals surface area contributed by atoms with E-state index in [0.29, 0.717) is 0 Å². The van der Waals surface area contributed by atoms with Gasteiger partial charge in [0.1, 0.15) is 0 Å². The summed E-state index contributed by atoms with van der Waals surface area (Å²) in [6, 6.07) is 7.75. The van der Waals surface area contributed by atoms with Crippen LogP contribution < -0.4 is 0 Å². The lowest BCUT2D eigenvalue weighted by Crippen LogP contribution is -2.00. The van der Waals surface area contributed by atoms with Gasteiger partial charge in [-0.2, -0.15) is 0 Å². The van der Waals surface area contributed by atoms with Crippen molar-refractivity contribution < 1.29 is 5.11 Å². The minimum atomic E-state index is -0.698. The molecule has 1 aromatic carbocycles. The van der Waals surface area contributed by atoms with E-state index in [1.54, 1.807) is 0 Å². The van der Waals surface area contributed by atoms with Crippen LogP contribution in [0.1, 0.15) is 30.6 Å². The molecule has 4 heteroatoms. The predicted molar refractivity (Wildman–Crippen MR) is 59.4 cm³/mol. The third-order valence-electron chi connectivity index (χ3n) is 2.22. The predicted octanol–water partition coefficient (Wildman–Crippen LogP) is 2.98. The number of hydrogen-bond acceptors (Lipinski definition) is 2. The molecular weight excluding hydrogens is 190 g/mol. The fourth-order valence-electron chi connectivity index (χ4n) is 1.41. The van der Waals surface area contributed by atoms with Gasteiger partial charge in [0, 0.05) is 4.91 Å². The summed E-state index contributed by atoms with van der Waals surface area (Å²) in [7, 11) is 0. The van der Waals surface area contributed by atoms with E-state index >= 15 is 0 Å². The van der Waals surface area contributed by atoms with Crippen molar-refractivity contribution >= 4 is 0 Å². The number of rotatable bonds is 5. The highest BCUT2D eigenvalue weighted by Crippen LogP contribution is 2.14. The van der Waals surface area contributed by atoms with Gasteiger partial charge in [-0.1, -0.05) is 42.7 Å². The molecule has 80 valence electrons. The molecule has 0 amide bonds. The van der Waals surface area contributed by atoms with Crippen LogP contribution >= 0.6 is 0 Å². The molecule has 0 bridgehead atoms. The molecule has 0 aliphatic carbocycles. The Balaban J connectivity index is 2.66. The third kappa shape index (κ3) is 3.62. The van der Waals surface area contributed by atoms with Crippen molar-refractivity contribution in [3.05, 3.63) is 45.8 Å². The molecule has 0 radical (unpaired) electrons. The molecule has 1 rings (SSSR count). The molecule has 0 fully saturated rings. The fraction of sp³-hybridized carbons (Fsp3) is 0.455. The number of hydrogen-bond donors (Lipinski definition) is 1. The number of benzene rings is 1. The first-order valence-electron chi connectivity index (χ1n) is 5.05. The maximum absolute atomic E-state index is 9.61. The van der Waals surface area contributed by atoms with Crippen LogP contribution in [0.25, 0.3) is 10.4 Å². The van der Waals surface area contributed by atoms with Crippen LogP contribution in [0.5, 0.6) is 0 Å². The van der Waals surface area contributed by atoms with Crippen molar-refractivity contribution in [3.8, 4) is 0 Å². The zero-order chi connectivity index (χ0) is 11.1. The van der Waals surface area contributed by atoms with Gasteiger partial charge >= 0.3 is 0 Å². The van der Waals surface area contributed by atoms with E-state index in [2.05, 4.69) is 16.9 Å². The van der Waals surface area contributed by atoms with Gasteiger partial charge in [0.15, 0.2) is 0 Å². The van der Waals surface area contributed by atoms with Crippen molar-refractivity contribution in [1.82, 2.24) is 0 Å². The van der Waals surface area contributed by atoms with Crippen molar-refractivity contribution in [2.75, 3.05) is 6.54 Å². The Kier molecular flexibility index (Phi) is 4.68. The molecule has 0 aromatic heterocycles. The topological polar surface area (TPSA) is 69.0 Å². The van der Waals surface area contributed by atoms with Crippen molar-refractivity contribution in [1.29, 1.82) is 0 Å². The van der Waals surface area contributed by atoms with Crippen molar-refractivity contribution in [2.24, 2.45) is 5.11 Å². The van der Waals surface area contributed by atoms with Gasteiger partial charge in [0.25, 0.3) is 0 Å². The second-order valence-electron chi connectivity index (χ2n) is 3.42. The summed E-state index contributed by atoms with van der Waals surface area (Å²) in [4.78, 5) is 2.61. The standard InChI is InChI=1S/C11H15N3O/c1-2-3-9-4-6-10(7-5-9)11(15)8-13-14-12/h4-7,11,15H,2-3,8H2,1H3/t11-/m0/s1. The smallest absolute Gasteiger partial charge is 0.0846 e. The van der Waals surface area contributed by atoms with Crippen LogP contribution in [0, 0.1) is 0 Å². The Morgan fingerprint density at radius 3 is 2.60 bits per heavy atom. The first-order chi connectivity index (χ1) is 7.27. The summed E-state index contributed by atoms with van der Waals surface area (Å²) < 4.78 is 0. The summed E-state index contributed by atoms with van der Waals surface area (Å²) in [5.74, 6) is 0. The van der Waals surface area contributed by atoms with E-state index in [1.807, 2.05) is 24.3 Å². The molecular formula is C11H15N3O. The quantitative estimate of drug-likeness (QED) is 0.448. The van der Waals surface area contributed by atoms with Gasteiger partial charge in [0.05, 0.1) is 12.6 Å². The summed E-state index contributed by atoms with van der Waals surface area (Å²) in [5.41, 5.74) is 10.2. The zero-order valence-corrected chi connectivity index (χ0v) is 8.80. The lowest BCUT2D eigenvalue weighted by molar-refractivity contribution is 0.187. The average Bonchev–Trinajstić information content (AvgIpc) is 2.27. The van der Waals surface area contributed by atoms with E-state index in [4.69, 9.17) is 5.53 Å². The van der Waals surface area contributed by atoms with Gasteiger partial charge in [-0.15, -0.1) is 0 Å². The van der Waals surface area contributed by atoms with Crippen LogP contribution in [0.4, 0.5) is 0 Å². The largest absolute Gasteiger partial charge is 0.388 e. The summed E-state index contributed by atoms with van der Waals surface area (Å²) in [5, 5.41) is 12.9. The van der Waals surface area contributed by atoms with Gasteiger partial charge < -0.3 is 5.11 Å². The van der Waals surface area contributed by atoms with E-state index in [1.165, 1.54) is 5.56 Å². The van der Waals surface area contributed by atoms with Crippen LogP contribution in [-0.2, 0) is 6.42 Å². The molecule has 1 aromatic rings. The fourth-order valence-corrected chi connectivity index (χ4v) is 1.41. The third-order valence-corrected chi connectivity index (χ3v) is 2.22. The summed E-state index contributed by atoms with van der Waals surface area (Å²) in [6.45, 7) is 2.22. The summed E-state index contributed by atoms with van der Waals surface area (Å²) >= 11 is 0. The maximum Gasteiger partial charge on any atom is 0.0846 e. The van der Waals surface area contributed by atoms with Gasteiger partial charge in [0.2, 0.25) is 0 Å². The highest BCUT2D eigenvalue weighted by Gasteiger charge is 2.05. The van der Waals surface area contributed by atoms with Crippen LogP contribution in [-0.4, -0.2) is 11.7 Å². The van der Waals surface area contributed by atoms with Crippen LogP contribution in [0.15, 0.2) is 29.4 Å². The average molecular weight is 205 g/mol.